The second-order valence-corrected chi connectivity index (χ2v) is 7.52. The summed E-state index contributed by atoms with van der Waals surface area (Å²) in [5, 5.41) is 3.63. The maximum atomic E-state index is 12.5. The van der Waals surface area contributed by atoms with Crippen molar-refractivity contribution in [2.45, 2.75) is 11.8 Å². The van der Waals surface area contributed by atoms with Crippen molar-refractivity contribution in [2.75, 3.05) is 7.11 Å². The van der Waals surface area contributed by atoms with Gasteiger partial charge in [-0.3, -0.25) is 0 Å². The highest BCUT2D eigenvalue weighted by atomic mass is 79.9. The Morgan fingerprint density at radius 2 is 1.92 bits per heavy atom. The molecule has 2 rings (SSSR count). The van der Waals surface area contributed by atoms with E-state index < -0.39 is 16.1 Å². The molecule has 8 nitrogen and oxygen atoms in total. The number of nitrogens with one attached hydrogen (secondary N) is 1. The number of urea groups is 1. The summed E-state index contributed by atoms with van der Waals surface area (Å²) in [5.74, 6) is 0.156. The lowest BCUT2D eigenvalue weighted by molar-refractivity contribution is 0.249. The van der Waals surface area contributed by atoms with Gasteiger partial charge in [-0.2, -0.15) is 13.5 Å². The molecule has 0 unspecified atom stereocenters. The third-order valence-electron chi connectivity index (χ3n) is 3.14. The molecular weight excluding hydrogens is 426 g/mol. The third kappa shape index (κ3) is 4.96. The molecule has 2 aromatic carbocycles. The van der Waals surface area contributed by atoms with Gasteiger partial charge in [0.05, 0.1) is 17.8 Å². The number of primary amides is 1. The van der Waals surface area contributed by atoms with E-state index in [0.29, 0.717) is 10.0 Å². The molecule has 0 radical (unpaired) electrons. The lowest BCUT2D eigenvalue weighted by Gasteiger charge is -2.13. The lowest BCUT2D eigenvalue weighted by atomic mass is 10.2. The third-order valence-corrected chi connectivity index (χ3v) is 4.97. The number of hydrazone groups is 1. The first-order valence-electron chi connectivity index (χ1n) is 7.20. The SMILES string of the molecule is COc1cc(/C=N\NC(N)=O)cc(Br)c1OS(=O)(=O)c1ccc(C)cc1. The minimum atomic E-state index is -4.04. The van der Waals surface area contributed by atoms with Crippen LogP contribution in [-0.2, 0) is 10.1 Å². The Morgan fingerprint density at radius 1 is 1.27 bits per heavy atom. The molecular formula is C16H16BrN3O5S. The number of nitrogens with zero attached hydrogens (tertiary/aromatic N) is 1. The van der Waals surface area contributed by atoms with Gasteiger partial charge in [0.2, 0.25) is 0 Å². The highest BCUT2D eigenvalue weighted by Crippen LogP contribution is 2.38. The zero-order chi connectivity index (χ0) is 19.3. The van der Waals surface area contributed by atoms with E-state index in [2.05, 4.69) is 26.5 Å². The number of hydrogen-bond donors (Lipinski definition) is 2. The zero-order valence-corrected chi connectivity index (χ0v) is 16.3. The van der Waals surface area contributed by atoms with Crippen molar-refractivity contribution in [3.63, 3.8) is 0 Å². The minimum absolute atomic E-state index is 0.00640. The zero-order valence-electron chi connectivity index (χ0n) is 13.9. The van der Waals surface area contributed by atoms with Crippen LogP contribution >= 0.6 is 15.9 Å². The molecule has 0 atom stereocenters. The molecule has 0 aliphatic carbocycles. The normalized spacial score (nSPS) is 11.3. The molecule has 0 bridgehead atoms. The molecule has 3 N–H and O–H groups in total. The topological polar surface area (TPSA) is 120 Å². The predicted octanol–water partition coefficient (Wildman–Crippen LogP) is 2.54. The number of carbonyl (C=O) groups excluding carboxylic acids is 1. The summed E-state index contributed by atoms with van der Waals surface area (Å²) in [4.78, 5) is 10.6. The van der Waals surface area contributed by atoms with Crippen molar-refractivity contribution in [3.05, 3.63) is 52.0 Å². The van der Waals surface area contributed by atoms with E-state index in [1.165, 1.54) is 31.5 Å². The molecule has 10 heteroatoms. The van der Waals surface area contributed by atoms with Crippen LogP contribution in [0.25, 0.3) is 0 Å². The number of carbonyl (C=O) groups is 1. The number of benzene rings is 2. The first kappa shape index (κ1) is 19.7. The van der Waals surface area contributed by atoms with Crippen LogP contribution in [0.5, 0.6) is 11.5 Å². The average molecular weight is 442 g/mol. The smallest absolute Gasteiger partial charge is 0.339 e. The fourth-order valence-corrected chi connectivity index (χ4v) is 3.53. The van der Waals surface area contributed by atoms with Gasteiger partial charge < -0.3 is 14.7 Å². The van der Waals surface area contributed by atoms with E-state index >= 15 is 0 Å². The summed E-state index contributed by atoms with van der Waals surface area (Å²) in [7, 11) is -2.67. The Morgan fingerprint density at radius 3 is 2.50 bits per heavy atom. The van der Waals surface area contributed by atoms with Gasteiger partial charge in [0, 0.05) is 0 Å². The van der Waals surface area contributed by atoms with Gasteiger partial charge in [-0.15, -0.1) is 0 Å². The maximum absolute atomic E-state index is 12.5. The molecule has 0 aliphatic heterocycles. The molecule has 0 aliphatic rings. The summed E-state index contributed by atoms with van der Waals surface area (Å²) < 4.78 is 35.7. The van der Waals surface area contributed by atoms with Crippen LogP contribution in [0.2, 0.25) is 0 Å². The minimum Gasteiger partial charge on any atom is -0.493 e. The molecule has 138 valence electrons. The summed E-state index contributed by atoms with van der Waals surface area (Å²) in [5.41, 5.74) is 8.41. The number of rotatable bonds is 6. The Labute approximate surface area is 159 Å². The van der Waals surface area contributed by atoms with Crippen LogP contribution in [0.1, 0.15) is 11.1 Å². The van der Waals surface area contributed by atoms with Gasteiger partial charge in [-0.05, 0) is 52.7 Å². The summed E-state index contributed by atoms with van der Waals surface area (Å²) in [6.45, 7) is 1.85. The monoisotopic (exact) mass is 441 g/mol. The first-order valence-corrected chi connectivity index (χ1v) is 9.40. The molecule has 0 aromatic heterocycles. The summed E-state index contributed by atoms with van der Waals surface area (Å²) in [6, 6.07) is 8.51. The second kappa shape index (κ2) is 8.19. The lowest BCUT2D eigenvalue weighted by Crippen LogP contribution is -2.24. The number of methoxy groups -OCH3 is 1. The van der Waals surface area contributed by atoms with E-state index in [9.17, 15) is 13.2 Å². The Balaban J connectivity index is 2.35. The second-order valence-electron chi connectivity index (χ2n) is 5.12. The molecule has 26 heavy (non-hydrogen) atoms. The van der Waals surface area contributed by atoms with Crippen LogP contribution in [0, 0.1) is 6.92 Å². The van der Waals surface area contributed by atoms with Gasteiger partial charge in [-0.1, -0.05) is 17.7 Å². The number of amides is 2. The van der Waals surface area contributed by atoms with Crippen molar-refractivity contribution >= 4 is 38.3 Å². The summed E-state index contributed by atoms with van der Waals surface area (Å²) >= 11 is 3.25. The number of nitrogens with two attached hydrogens (primary N) is 1. The molecule has 0 spiro atoms. The maximum Gasteiger partial charge on any atom is 0.339 e. The highest BCUT2D eigenvalue weighted by molar-refractivity contribution is 9.10. The Kier molecular flexibility index (Phi) is 6.22. The Bertz CT molecular complexity index is 943. The molecule has 2 aromatic rings. The van der Waals surface area contributed by atoms with Gasteiger partial charge >= 0.3 is 16.1 Å². The van der Waals surface area contributed by atoms with E-state index in [-0.39, 0.29) is 16.4 Å². The quantitative estimate of drug-likeness (QED) is 0.405. The van der Waals surface area contributed by atoms with Gasteiger partial charge in [0.15, 0.2) is 11.5 Å². The standard InChI is InChI=1S/C16H16BrN3O5S/c1-10-3-5-12(6-4-10)26(22,23)25-15-13(17)7-11(8-14(15)24-2)9-19-20-16(18)21/h3-9H,1-2H3,(H3,18,20,21)/b19-9-. The van der Waals surface area contributed by atoms with Crippen molar-refractivity contribution in [2.24, 2.45) is 10.8 Å². The summed E-state index contributed by atoms with van der Waals surface area (Å²) in [6.07, 6.45) is 1.32. The number of hydrogen-bond acceptors (Lipinski definition) is 6. The number of aryl methyl sites for hydroxylation is 1. The van der Waals surface area contributed by atoms with Crippen LogP contribution in [0.3, 0.4) is 0 Å². The largest absolute Gasteiger partial charge is 0.493 e. The number of ether oxygens (including phenoxy) is 1. The fraction of sp³-hybridized carbons (Fsp3) is 0.125. The van der Waals surface area contributed by atoms with Gasteiger partial charge in [-0.25, -0.2) is 10.2 Å². The van der Waals surface area contributed by atoms with E-state index in [4.69, 9.17) is 14.7 Å². The molecule has 0 saturated carbocycles. The highest BCUT2D eigenvalue weighted by Gasteiger charge is 2.21. The number of halogens is 1. The molecule has 0 heterocycles. The van der Waals surface area contributed by atoms with E-state index in [0.717, 1.165) is 5.56 Å². The van der Waals surface area contributed by atoms with Crippen LogP contribution in [-0.4, -0.2) is 27.8 Å². The molecule has 2 amide bonds. The van der Waals surface area contributed by atoms with Crippen molar-refractivity contribution in [3.8, 4) is 11.5 Å². The van der Waals surface area contributed by atoms with Crippen molar-refractivity contribution in [1.82, 2.24) is 5.43 Å². The predicted molar refractivity (Wildman–Crippen MR) is 100.0 cm³/mol. The van der Waals surface area contributed by atoms with Gasteiger partial charge in [0.1, 0.15) is 4.90 Å². The van der Waals surface area contributed by atoms with Gasteiger partial charge in [0.25, 0.3) is 0 Å². The average Bonchev–Trinajstić information content (AvgIpc) is 2.57. The Hall–Kier alpha value is -2.59. The van der Waals surface area contributed by atoms with Crippen LogP contribution < -0.4 is 20.1 Å². The van der Waals surface area contributed by atoms with Crippen LogP contribution in [0.15, 0.2) is 50.9 Å². The van der Waals surface area contributed by atoms with E-state index in [1.54, 1.807) is 18.2 Å². The first-order chi connectivity index (χ1) is 12.2. The molecule has 0 fully saturated rings. The van der Waals surface area contributed by atoms with Crippen LogP contribution in [0.4, 0.5) is 4.79 Å². The van der Waals surface area contributed by atoms with Crippen molar-refractivity contribution in [1.29, 1.82) is 0 Å². The fourth-order valence-electron chi connectivity index (χ4n) is 1.93. The van der Waals surface area contributed by atoms with E-state index in [1.807, 2.05) is 6.92 Å². The van der Waals surface area contributed by atoms with Crippen molar-refractivity contribution < 1.29 is 22.1 Å². The molecule has 0 saturated heterocycles.